The lowest BCUT2D eigenvalue weighted by molar-refractivity contribution is -0.113. The number of hydrogen-bond acceptors (Lipinski definition) is 6. The van der Waals surface area contributed by atoms with Crippen molar-refractivity contribution in [2.45, 2.75) is 19.0 Å². The van der Waals surface area contributed by atoms with Gasteiger partial charge in [0.1, 0.15) is 0 Å². The average molecular weight is 390 g/mol. The van der Waals surface area contributed by atoms with E-state index in [2.05, 4.69) is 57.4 Å². The standard InChI is InChI=1S/C20H18N6OS/c1-13-4-5-15(10-14(13)2)16-6-7-17-23-19(25-26(17)11-16)24-18(27)12-28-20-21-8-3-9-22-20/h3-11H,12H2,1-2H3,(H,24,25,27). The fraction of sp³-hybridized carbons (Fsp3) is 0.150. The Morgan fingerprint density at radius 1 is 1.07 bits per heavy atom. The highest BCUT2D eigenvalue weighted by atomic mass is 32.2. The molecule has 8 heteroatoms. The van der Waals surface area contributed by atoms with Crippen molar-refractivity contribution in [3.05, 3.63) is 66.1 Å². The SMILES string of the molecule is Cc1ccc(-c2ccc3nc(NC(=O)CSc4ncccn4)nn3c2)cc1C. The number of carbonyl (C=O) groups is 1. The van der Waals surface area contributed by atoms with Crippen LogP contribution in [-0.2, 0) is 4.79 Å². The van der Waals surface area contributed by atoms with E-state index in [1.807, 2.05) is 18.3 Å². The van der Waals surface area contributed by atoms with Crippen molar-refractivity contribution in [1.29, 1.82) is 0 Å². The van der Waals surface area contributed by atoms with Crippen molar-refractivity contribution in [1.82, 2.24) is 24.6 Å². The molecule has 0 saturated heterocycles. The van der Waals surface area contributed by atoms with Gasteiger partial charge >= 0.3 is 0 Å². The Hall–Kier alpha value is -3.26. The van der Waals surface area contributed by atoms with E-state index in [1.165, 1.54) is 22.9 Å². The van der Waals surface area contributed by atoms with Gasteiger partial charge in [-0.3, -0.25) is 10.1 Å². The molecule has 4 aromatic rings. The molecule has 0 aliphatic rings. The van der Waals surface area contributed by atoms with E-state index in [0.717, 1.165) is 11.1 Å². The Kier molecular flexibility index (Phi) is 5.03. The molecule has 0 aliphatic heterocycles. The number of carbonyl (C=O) groups excluding carboxylic acids is 1. The van der Waals surface area contributed by atoms with Crippen molar-refractivity contribution in [2.75, 3.05) is 11.1 Å². The Balaban J connectivity index is 1.48. The van der Waals surface area contributed by atoms with Gasteiger partial charge in [0.2, 0.25) is 11.9 Å². The first-order chi connectivity index (χ1) is 13.6. The number of hydrogen-bond donors (Lipinski definition) is 1. The van der Waals surface area contributed by atoms with Crippen molar-refractivity contribution in [3.63, 3.8) is 0 Å². The molecule has 1 amide bonds. The van der Waals surface area contributed by atoms with Crippen LogP contribution in [0.2, 0.25) is 0 Å². The van der Waals surface area contributed by atoms with Crippen molar-refractivity contribution >= 4 is 29.3 Å². The fourth-order valence-electron chi connectivity index (χ4n) is 2.68. The molecule has 1 N–H and O–H groups in total. The molecule has 0 saturated carbocycles. The Bertz CT molecular complexity index is 1140. The van der Waals surface area contributed by atoms with Gasteiger partial charge in [-0.25, -0.2) is 14.5 Å². The van der Waals surface area contributed by atoms with Crippen LogP contribution < -0.4 is 5.32 Å². The molecule has 0 fully saturated rings. The fourth-order valence-corrected chi connectivity index (χ4v) is 3.28. The van der Waals surface area contributed by atoms with E-state index in [9.17, 15) is 4.79 Å². The third-order valence-corrected chi connectivity index (χ3v) is 5.17. The molecule has 3 aromatic heterocycles. The first-order valence-electron chi connectivity index (χ1n) is 8.72. The van der Waals surface area contributed by atoms with Crippen molar-refractivity contribution in [3.8, 4) is 11.1 Å². The van der Waals surface area contributed by atoms with Gasteiger partial charge in [0, 0.05) is 24.2 Å². The molecule has 140 valence electrons. The third kappa shape index (κ3) is 4.01. The van der Waals surface area contributed by atoms with Crippen LogP contribution in [0.1, 0.15) is 11.1 Å². The summed E-state index contributed by atoms with van der Waals surface area (Å²) in [4.78, 5) is 24.7. The summed E-state index contributed by atoms with van der Waals surface area (Å²) in [5.41, 5.74) is 5.32. The molecule has 0 aliphatic carbocycles. The number of rotatable bonds is 5. The molecule has 1 aromatic carbocycles. The lowest BCUT2D eigenvalue weighted by Crippen LogP contribution is -2.15. The van der Waals surface area contributed by atoms with Crippen LogP contribution in [0.15, 0.2) is 60.1 Å². The maximum absolute atomic E-state index is 12.1. The largest absolute Gasteiger partial charge is 0.292 e. The van der Waals surface area contributed by atoms with Gasteiger partial charge in [0.25, 0.3) is 0 Å². The molecule has 28 heavy (non-hydrogen) atoms. The summed E-state index contributed by atoms with van der Waals surface area (Å²) >= 11 is 1.26. The summed E-state index contributed by atoms with van der Waals surface area (Å²) in [5.74, 6) is 0.257. The lowest BCUT2D eigenvalue weighted by atomic mass is 10.0. The monoisotopic (exact) mass is 390 g/mol. The summed E-state index contributed by atoms with van der Waals surface area (Å²) in [5, 5.41) is 7.64. The molecule has 3 heterocycles. The van der Waals surface area contributed by atoms with E-state index in [0.29, 0.717) is 10.8 Å². The Morgan fingerprint density at radius 3 is 2.64 bits per heavy atom. The first-order valence-corrected chi connectivity index (χ1v) is 9.71. The van der Waals surface area contributed by atoms with E-state index in [-0.39, 0.29) is 17.6 Å². The number of anilines is 1. The average Bonchev–Trinajstić information content (AvgIpc) is 3.10. The van der Waals surface area contributed by atoms with E-state index >= 15 is 0 Å². The van der Waals surface area contributed by atoms with Crippen LogP contribution in [0.25, 0.3) is 16.8 Å². The molecular formula is C20H18N6OS. The summed E-state index contributed by atoms with van der Waals surface area (Å²) in [7, 11) is 0. The zero-order valence-electron chi connectivity index (χ0n) is 15.5. The van der Waals surface area contributed by atoms with Crippen LogP contribution >= 0.6 is 11.8 Å². The number of fused-ring (bicyclic) bond motifs is 1. The predicted molar refractivity (Wildman–Crippen MR) is 109 cm³/mol. The molecule has 0 atom stereocenters. The van der Waals surface area contributed by atoms with Gasteiger partial charge in [-0.2, -0.15) is 4.98 Å². The summed E-state index contributed by atoms with van der Waals surface area (Å²) < 4.78 is 1.67. The minimum absolute atomic E-state index is 0.188. The lowest BCUT2D eigenvalue weighted by Gasteiger charge is -2.05. The second kappa shape index (κ2) is 7.77. The highest BCUT2D eigenvalue weighted by Crippen LogP contribution is 2.23. The number of benzene rings is 1. The number of nitrogens with one attached hydrogen (secondary N) is 1. The van der Waals surface area contributed by atoms with Crippen LogP contribution in [0.3, 0.4) is 0 Å². The highest BCUT2D eigenvalue weighted by molar-refractivity contribution is 7.99. The summed E-state index contributed by atoms with van der Waals surface area (Å²) in [6.45, 7) is 4.19. The quantitative estimate of drug-likeness (QED) is 0.414. The van der Waals surface area contributed by atoms with Crippen molar-refractivity contribution in [2.24, 2.45) is 0 Å². The molecule has 0 unspecified atom stereocenters. The van der Waals surface area contributed by atoms with Crippen LogP contribution in [0.4, 0.5) is 5.95 Å². The summed E-state index contributed by atoms with van der Waals surface area (Å²) in [6.07, 6.45) is 5.20. The minimum Gasteiger partial charge on any atom is -0.292 e. The normalized spacial score (nSPS) is 10.9. The molecular weight excluding hydrogens is 372 g/mol. The second-order valence-electron chi connectivity index (χ2n) is 6.32. The van der Waals surface area contributed by atoms with Crippen LogP contribution in [0, 0.1) is 13.8 Å². The molecule has 0 radical (unpaired) electrons. The smallest absolute Gasteiger partial charge is 0.249 e. The van der Waals surface area contributed by atoms with Crippen LogP contribution in [-0.4, -0.2) is 36.2 Å². The second-order valence-corrected chi connectivity index (χ2v) is 7.27. The predicted octanol–water partition coefficient (Wildman–Crippen LogP) is 3.53. The zero-order valence-corrected chi connectivity index (χ0v) is 16.3. The van der Waals surface area contributed by atoms with Gasteiger partial charge in [0.05, 0.1) is 5.75 Å². The molecule has 4 rings (SSSR count). The van der Waals surface area contributed by atoms with Gasteiger partial charge in [0.15, 0.2) is 10.8 Å². The Labute approximate surface area is 166 Å². The number of thioether (sulfide) groups is 1. The first kappa shape index (κ1) is 18.1. The maximum atomic E-state index is 12.1. The van der Waals surface area contributed by atoms with Gasteiger partial charge < -0.3 is 0 Å². The molecule has 7 nitrogen and oxygen atoms in total. The number of aromatic nitrogens is 5. The maximum Gasteiger partial charge on any atom is 0.249 e. The van der Waals surface area contributed by atoms with Crippen LogP contribution in [0.5, 0.6) is 0 Å². The molecule has 0 bridgehead atoms. The number of aryl methyl sites for hydroxylation is 2. The zero-order chi connectivity index (χ0) is 19.5. The van der Waals surface area contributed by atoms with Gasteiger partial charge in [-0.15, -0.1) is 5.10 Å². The highest BCUT2D eigenvalue weighted by Gasteiger charge is 2.10. The third-order valence-electron chi connectivity index (χ3n) is 4.30. The number of amides is 1. The van der Waals surface area contributed by atoms with Gasteiger partial charge in [-0.1, -0.05) is 30.0 Å². The minimum atomic E-state index is -0.206. The van der Waals surface area contributed by atoms with Crippen molar-refractivity contribution < 1.29 is 4.79 Å². The number of pyridine rings is 1. The Morgan fingerprint density at radius 2 is 1.86 bits per heavy atom. The molecule has 0 spiro atoms. The van der Waals surface area contributed by atoms with E-state index < -0.39 is 0 Å². The van der Waals surface area contributed by atoms with E-state index in [1.54, 1.807) is 23.0 Å². The van der Waals surface area contributed by atoms with Gasteiger partial charge in [-0.05, 0) is 48.7 Å². The number of nitrogens with zero attached hydrogens (tertiary/aromatic N) is 5. The van der Waals surface area contributed by atoms with E-state index in [4.69, 9.17) is 0 Å². The topological polar surface area (TPSA) is 85.1 Å². The summed E-state index contributed by atoms with van der Waals surface area (Å²) in [6, 6.07) is 12.0.